The number of aliphatic hydroxyl groups excluding tert-OH is 1. The quantitative estimate of drug-likeness (QED) is 0.354. The first-order valence-corrected chi connectivity index (χ1v) is 9.98. The van der Waals surface area contributed by atoms with E-state index in [1.807, 2.05) is 0 Å². The second kappa shape index (κ2) is 12.5. The number of carboxylic acid groups (broad SMARTS) is 1. The highest BCUT2D eigenvalue weighted by atomic mass is 16.4. The zero-order valence-electron chi connectivity index (χ0n) is 15.3. The third kappa shape index (κ3) is 8.81. The summed E-state index contributed by atoms with van der Waals surface area (Å²) in [5, 5.41) is 18.5. The van der Waals surface area contributed by atoms with Gasteiger partial charge >= 0.3 is 5.97 Å². The Hall–Kier alpha value is -0.900. The van der Waals surface area contributed by atoms with Crippen LogP contribution in [0.5, 0.6) is 0 Å². The van der Waals surface area contributed by atoms with Crippen molar-refractivity contribution in [1.82, 2.24) is 0 Å². The van der Waals surface area contributed by atoms with Crippen molar-refractivity contribution in [3.63, 3.8) is 0 Å². The summed E-state index contributed by atoms with van der Waals surface area (Å²) in [6.45, 7) is 2.16. The van der Waals surface area contributed by atoms with Crippen LogP contribution in [-0.4, -0.2) is 28.1 Å². The number of carbonyl (C=O) groups excluding carboxylic acids is 1. The minimum Gasteiger partial charge on any atom is -0.476 e. The number of unbranched alkanes of at least 4 members (excludes halogenated alkanes) is 3. The van der Waals surface area contributed by atoms with Crippen LogP contribution in [0.15, 0.2) is 0 Å². The Bertz CT molecular complexity index is 367. The van der Waals surface area contributed by atoms with Gasteiger partial charge in [0.05, 0.1) is 6.10 Å². The van der Waals surface area contributed by atoms with Crippen LogP contribution in [-0.2, 0) is 9.59 Å². The van der Waals surface area contributed by atoms with E-state index in [1.54, 1.807) is 0 Å². The standard InChI is InChI=1S/C20H36O4/c1-2-3-13-18(21)14-8-12-17-11-7-10-16(17)9-5-4-6-15-19(22)20(23)24/h16-18,21H,2-15H2,1H3,(H,23,24)/t16-,17+,18?/m0/s1. The number of Topliss-reactive ketones (excluding diaryl/α,β-unsaturated/α-hetero) is 1. The van der Waals surface area contributed by atoms with Gasteiger partial charge in [-0.3, -0.25) is 4.79 Å². The highest BCUT2D eigenvalue weighted by Crippen LogP contribution is 2.38. The maximum Gasteiger partial charge on any atom is 0.372 e. The molecule has 24 heavy (non-hydrogen) atoms. The lowest BCUT2D eigenvalue weighted by Gasteiger charge is -2.20. The minimum absolute atomic E-state index is 0.114. The normalized spacial score (nSPS) is 21.8. The molecule has 1 rings (SSSR count). The molecule has 1 saturated carbocycles. The Morgan fingerprint density at radius 2 is 1.58 bits per heavy atom. The molecular formula is C20H36O4. The lowest BCUT2D eigenvalue weighted by atomic mass is 9.86. The number of hydrogen-bond donors (Lipinski definition) is 2. The summed E-state index contributed by atoms with van der Waals surface area (Å²) in [5.41, 5.74) is 0. The zero-order valence-corrected chi connectivity index (χ0v) is 15.3. The first-order chi connectivity index (χ1) is 11.5. The van der Waals surface area contributed by atoms with Crippen molar-refractivity contribution in [1.29, 1.82) is 0 Å². The van der Waals surface area contributed by atoms with Crippen LogP contribution in [0.3, 0.4) is 0 Å². The van der Waals surface area contributed by atoms with Crippen LogP contribution in [0, 0.1) is 11.8 Å². The average Bonchev–Trinajstić information content (AvgIpc) is 2.99. The van der Waals surface area contributed by atoms with Gasteiger partial charge in [0, 0.05) is 6.42 Å². The average molecular weight is 341 g/mol. The molecule has 4 nitrogen and oxygen atoms in total. The molecule has 0 bridgehead atoms. The van der Waals surface area contributed by atoms with Crippen molar-refractivity contribution in [2.75, 3.05) is 0 Å². The molecule has 1 unspecified atom stereocenters. The molecule has 1 aliphatic rings. The largest absolute Gasteiger partial charge is 0.476 e. The van der Waals surface area contributed by atoms with Crippen LogP contribution < -0.4 is 0 Å². The molecular weight excluding hydrogens is 304 g/mol. The molecule has 0 aromatic heterocycles. The van der Waals surface area contributed by atoms with Gasteiger partial charge in [-0.2, -0.15) is 0 Å². The molecule has 0 aliphatic heterocycles. The van der Waals surface area contributed by atoms with Crippen molar-refractivity contribution in [3.8, 4) is 0 Å². The van der Waals surface area contributed by atoms with Crippen LogP contribution in [0.2, 0.25) is 0 Å². The Kier molecular flexibility index (Phi) is 11.0. The summed E-state index contributed by atoms with van der Waals surface area (Å²) in [6, 6.07) is 0. The first-order valence-electron chi connectivity index (χ1n) is 9.98. The van der Waals surface area contributed by atoms with E-state index in [1.165, 1.54) is 32.1 Å². The first kappa shape index (κ1) is 21.1. The van der Waals surface area contributed by atoms with Crippen LogP contribution >= 0.6 is 0 Å². The Balaban J connectivity index is 2.10. The fraction of sp³-hybridized carbons (Fsp3) is 0.900. The predicted octanol–water partition coefficient (Wildman–Crippen LogP) is 4.73. The monoisotopic (exact) mass is 340 g/mol. The second-order valence-electron chi connectivity index (χ2n) is 7.51. The van der Waals surface area contributed by atoms with Gasteiger partial charge < -0.3 is 10.2 Å². The van der Waals surface area contributed by atoms with Crippen LogP contribution in [0.1, 0.15) is 96.8 Å². The number of ketones is 1. The number of aliphatic carboxylic acids is 1. The maximum atomic E-state index is 11.0. The minimum atomic E-state index is -1.30. The third-order valence-electron chi connectivity index (χ3n) is 5.54. The topological polar surface area (TPSA) is 74.6 Å². The molecule has 0 spiro atoms. The lowest BCUT2D eigenvalue weighted by Crippen LogP contribution is -2.12. The summed E-state index contributed by atoms with van der Waals surface area (Å²) in [7, 11) is 0. The number of hydrogen-bond acceptors (Lipinski definition) is 3. The van der Waals surface area contributed by atoms with Gasteiger partial charge in [-0.1, -0.05) is 71.1 Å². The highest BCUT2D eigenvalue weighted by Gasteiger charge is 2.26. The molecule has 140 valence electrons. The van der Waals surface area contributed by atoms with E-state index in [0.29, 0.717) is 6.42 Å². The summed E-state index contributed by atoms with van der Waals surface area (Å²) >= 11 is 0. The van der Waals surface area contributed by atoms with Crippen LogP contribution in [0.4, 0.5) is 0 Å². The number of aliphatic hydroxyl groups is 1. The molecule has 1 fully saturated rings. The van der Waals surface area contributed by atoms with Crippen molar-refractivity contribution >= 4 is 11.8 Å². The van der Waals surface area contributed by atoms with Gasteiger partial charge in [0.15, 0.2) is 0 Å². The van der Waals surface area contributed by atoms with Crippen molar-refractivity contribution in [2.24, 2.45) is 11.8 Å². The number of rotatable bonds is 14. The van der Waals surface area contributed by atoms with Gasteiger partial charge in [-0.05, 0) is 31.1 Å². The van der Waals surface area contributed by atoms with E-state index in [2.05, 4.69) is 6.92 Å². The van der Waals surface area contributed by atoms with E-state index >= 15 is 0 Å². The van der Waals surface area contributed by atoms with Gasteiger partial charge in [0.1, 0.15) is 0 Å². The van der Waals surface area contributed by atoms with E-state index in [0.717, 1.165) is 56.8 Å². The zero-order chi connectivity index (χ0) is 17.8. The van der Waals surface area contributed by atoms with Gasteiger partial charge in [0.2, 0.25) is 5.78 Å². The molecule has 1 aliphatic carbocycles. The summed E-state index contributed by atoms with van der Waals surface area (Å²) in [5.74, 6) is -0.348. The number of carbonyl (C=O) groups is 2. The fourth-order valence-corrected chi connectivity index (χ4v) is 4.05. The Labute approximate surface area is 147 Å². The second-order valence-corrected chi connectivity index (χ2v) is 7.51. The summed E-state index contributed by atoms with van der Waals surface area (Å²) in [6.07, 6.45) is 14.6. The van der Waals surface area contributed by atoms with E-state index < -0.39 is 11.8 Å². The highest BCUT2D eigenvalue weighted by molar-refractivity contribution is 6.32. The van der Waals surface area contributed by atoms with Crippen LogP contribution in [0.25, 0.3) is 0 Å². The fourth-order valence-electron chi connectivity index (χ4n) is 4.05. The third-order valence-corrected chi connectivity index (χ3v) is 5.54. The van der Waals surface area contributed by atoms with E-state index in [-0.39, 0.29) is 12.5 Å². The Morgan fingerprint density at radius 3 is 2.21 bits per heavy atom. The lowest BCUT2D eigenvalue weighted by molar-refractivity contribution is -0.149. The van der Waals surface area contributed by atoms with E-state index in [4.69, 9.17) is 5.11 Å². The summed E-state index contributed by atoms with van der Waals surface area (Å²) < 4.78 is 0. The predicted molar refractivity (Wildman–Crippen MR) is 95.9 cm³/mol. The smallest absolute Gasteiger partial charge is 0.372 e. The molecule has 4 heteroatoms. The van der Waals surface area contributed by atoms with Gasteiger partial charge in [-0.15, -0.1) is 0 Å². The van der Waals surface area contributed by atoms with Crippen molar-refractivity contribution < 1.29 is 19.8 Å². The maximum absolute atomic E-state index is 11.0. The number of carboxylic acids is 1. The Morgan fingerprint density at radius 1 is 0.958 bits per heavy atom. The molecule has 0 heterocycles. The molecule has 0 amide bonds. The molecule has 0 aromatic rings. The molecule has 0 aromatic carbocycles. The van der Waals surface area contributed by atoms with Gasteiger partial charge in [0.25, 0.3) is 0 Å². The van der Waals surface area contributed by atoms with Crippen molar-refractivity contribution in [3.05, 3.63) is 0 Å². The molecule has 0 saturated heterocycles. The van der Waals surface area contributed by atoms with Gasteiger partial charge in [-0.25, -0.2) is 4.79 Å². The van der Waals surface area contributed by atoms with E-state index in [9.17, 15) is 14.7 Å². The molecule has 0 radical (unpaired) electrons. The molecule has 2 N–H and O–H groups in total. The molecule has 3 atom stereocenters. The summed E-state index contributed by atoms with van der Waals surface area (Å²) in [4.78, 5) is 21.5. The SMILES string of the molecule is CCCCC(O)CCC[C@H]1CCC[C@@H]1CCCCCC(=O)C(=O)O. The van der Waals surface area contributed by atoms with Crippen molar-refractivity contribution in [2.45, 2.75) is 103 Å².